The zero-order valence-corrected chi connectivity index (χ0v) is 36.0. The Balaban J connectivity index is 1.06. The van der Waals surface area contributed by atoms with Gasteiger partial charge in [-0.2, -0.15) is 0 Å². The summed E-state index contributed by atoms with van der Waals surface area (Å²) in [5, 5.41) is 13.0. The maximum Gasteiger partial charge on any atom is 0.179 e. The topological polar surface area (TPSA) is 14.8 Å². The van der Waals surface area contributed by atoms with Gasteiger partial charge >= 0.3 is 0 Å². The summed E-state index contributed by atoms with van der Waals surface area (Å²) in [6, 6.07) is 92.3. The Bertz CT molecular complexity index is 3790. The first-order valence-corrected chi connectivity index (χ1v) is 24.1. The highest BCUT2D eigenvalue weighted by atomic mass is 28.3. The lowest BCUT2D eigenvalue weighted by molar-refractivity contribution is 1.17. The van der Waals surface area contributed by atoms with Gasteiger partial charge in [-0.15, -0.1) is 0 Å². The second-order valence-electron chi connectivity index (χ2n) is 16.8. The molecule has 0 aliphatic carbocycles. The number of aromatic nitrogens is 3. The van der Waals surface area contributed by atoms with E-state index in [0.29, 0.717) is 0 Å². The molecule has 3 aromatic heterocycles. The maximum atomic E-state index is 2.50. The summed E-state index contributed by atoms with van der Waals surface area (Å²) in [6.45, 7) is 0. The van der Waals surface area contributed by atoms with Crippen molar-refractivity contribution in [3.8, 4) is 17.1 Å². The molecule has 0 bridgehead atoms. The summed E-state index contributed by atoms with van der Waals surface area (Å²) >= 11 is 0. The van der Waals surface area contributed by atoms with Crippen LogP contribution in [0.3, 0.4) is 0 Å². The molecule has 0 radical (unpaired) electrons. The lowest BCUT2D eigenvalue weighted by atomic mass is 10.1. The fourth-order valence-electron chi connectivity index (χ4n) is 11.0. The van der Waals surface area contributed by atoms with Crippen molar-refractivity contribution in [2.24, 2.45) is 0 Å². The van der Waals surface area contributed by atoms with Gasteiger partial charge in [-0.3, -0.25) is 0 Å². The largest absolute Gasteiger partial charge is 0.309 e. The predicted octanol–water partition coefficient (Wildman–Crippen LogP) is 12.4. The van der Waals surface area contributed by atoms with Crippen LogP contribution in [0.5, 0.6) is 0 Å². The Hall–Kier alpha value is -8.18. The van der Waals surface area contributed by atoms with Crippen LogP contribution in [-0.2, 0) is 0 Å². The van der Waals surface area contributed by atoms with Crippen molar-refractivity contribution in [1.82, 2.24) is 13.7 Å². The Morgan fingerprint density at radius 1 is 0.219 bits per heavy atom. The minimum absolute atomic E-state index is 1.15. The number of benzene rings is 10. The molecule has 0 atom stereocenters. The Morgan fingerprint density at radius 2 is 0.562 bits per heavy atom. The molecule has 13 aromatic rings. The SMILES string of the molecule is c1ccc(-n2c3ccccc3c3c4c5ccccc5n(-c5cccc([Si](c6ccccc6)(c6ccccc6)c6ccc(-n7c8ccccc8c8ccccc87)cc6)c5)c4ccc32)cc1. The Labute approximate surface area is 372 Å². The van der Waals surface area contributed by atoms with E-state index in [1.165, 1.54) is 86.2 Å². The van der Waals surface area contributed by atoms with Gasteiger partial charge in [0.15, 0.2) is 8.07 Å². The van der Waals surface area contributed by atoms with E-state index in [1.54, 1.807) is 0 Å². The highest BCUT2D eigenvalue weighted by Gasteiger charge is 2.41. The highest BCUT2D eigenvalue weighted by molar-refractivity contribution is 7.19. The standard InChI is InChI=1S/C60H41N3Si/c1-4-19-42(20-5-1)62-55-33-16-12-29-51(55)59-57(62)39-40-58-60(59)52-30-13-17-34-56(52)63(58)44-21-18-26-48(41-44)64(45-22-6-2-7-23-45,46-24-8-3-9-25-46)47-37-35-43(36-38-47)61-53-31-14-10-27-49(53)50-28-11-15-32-54(50)61/h1-41H. The van der Waals surface area contributed by atoms with Gasteiger partial charge in [0.1, 0.15) is 0 Å². The van der Waals surface area contributed by atoms with Crippen molar-refractivity contribution in [3.05, 3.63) is 249 Å². The normalized spacial score (nSPS) is 12.1. The molecule has 3 heterocycles. The van der Waals surface area contributed by atoms with E-state index in [9.17, 15) is 0 Å². The average molecular weight is 832 g/mol. The molecule has 0 fully saturated rings. The van der Waals surface area contributed by atoms with Gasteiger partial charge in [0.25, 0.3) is 0 Å². The number of fused-ring (bicyclic) bond motifs is 10. The molecule has 0 N–H and O–H groups in total. The molecule has 0 saturated carbocycles. The maximum absolute atomic E-state index is 2.93. The van der Waals surface area contributed by atoms with Crippen LogP contribution < -0.4 is 20.7 Å². The van der Waals surface area contributed by atoms with Crippen LogP contribution in [0.25, 0.3) is 82.5 Å². The zero-order valence-electron chi connectivity index (χ0n) is 35.0. The molecular formula is C60H41N3Si. The van der Waals surface area contributed by atoms with Crippen molar-refractivity contribution in [3.63, 3.8) is 0 Å². The van der Waals surface area contributed by atoms with E-state index in [2.05, 4.69) is 262 Å². The Morgan fingerprint density at radius 3 is 1.08 bits per heavy atom. The monoisotopic (exact) mass is 831 g/mol. The van der Waals surface area contributed by atoms with Crippen LogP contribution in [0.1, 0.15) is 0 Å². The van der Waals surface area contributed by atoms with E-state index < -0.39 is 8.07 Å². The lowest BCUT2D eigenvalue weighted by Crippen LogP contribution is -2.74. The quantitative estimate of drug-likeness (QED) is 0.112. The summed E-state index contributed by atoms with van der Waals surface area (Å²) in [5.41, 5.74) is 10.7. The molecule has 0 aliphatic heterocycles. The van der Waals surface area contributed by atoms with Gasteiger partial charge in [0.05, 0.1) is 33.1 Å². The van der Waals surface area contributed by atoms with Gasteiger partial charge < -0.3 is 13.7 Å². The van der Waals surface area contributed by atoms with E-state index in [4.69, 9.17) is 0 Å². The van der Waals surface area contributed by atoms with Crippen LogP contribution in [0.2, 0.25) is 0 Å². The van der Waals surface area contributed by atoms with E-state index in [0.717, 1.165) is 17.1 Å². The smallest absolute Gasteiger partial charge is 0.179 e. The van der Waals surface area contributed by atoms with Crippen molar-refractivity contribution >= 4 is 94.2 Å². The molecule has 0 amide bonds. The van der Waals surface area contributed by atoms with Crippen molar-refractivity contribution < 1.29 is 0 Å². The van der Waals surface area contributed by atoms with Crippen LogP contribution in [0.15, 0.2) is 249 Å². The van der Waals surface area contributed by atoms with Gasteiger partial charge in [-0.25, -0.2) is 0 Å². The minimum Gasteiger partial charge on any atom is -0.309 e. The van der Waals surface area contributed by atoms with E-state index >= 15 is 0 Å². The van der Waals surface area contributed by atoms with Crippen LogP contribution in [0, 0.1) is 0 Å². The summed E-state index contributed by atoms with van der Waals surface area (Å²) in [4.78, 5) is 0. The molecule has 13 rings (SSSR count). The molecule has 4 heteroatoms. The summed E-state index contributed by atoms with van der Waals surface area (Å²) in [6.07, 6.45) is 0. The molecule has 0 unspecified atom stereocenters. The molecule has 10 aromatic carbocycles. The first-order valence-electron chi connectivity index (χ1n) is 22.1. The number of hydrogen-bond acceptors (Lipinski definition) is 0. The highest BCUT2D eigenvalue weighted by Crippen LogP contribution is 2.42. The molecule has 64 heavy (non-hydrogen) atoms. The van der Waals surface area contributed by atoms with Crippen molar-refractivity contribution in [1.29, 1.82) is 0 Å². The number of nitrogens with zero attached hydrogens (tertiary/aromatic N) is 3. The van der Waals surface area contributed by atoms with Gasteiger partial charge in [0.2, 0.25) is 0 Å². The molecule has 0 aliphatic rings. The third-order valence-corrected chi connectivity index (χ3v) is 18.4. The molecular weight excluding hydrogens is 791 g/mol. The van der Waals surface area contributed by atoms with Crippen LogP contribution in [0.4, 0.5) is 0 Å². The van der Waals surface area contributed by atoms with Gasteiger partial charge in [-0.05, 0) is 93.5 Å². The first-order chi connectivity index (χ1) is 31.8. The van der Waals surface area contributed by atoms with Crippen molar-refractivity contribution in [2.75, 3.05) is 0 Å². The second kappa shape index (κ2) is 14.5. The molecule has 0 spiro atoms. The number of rotatable bonds is 7. The second-order valence-corrected chi connectivity index (χ2v) is 20.7. The predicted molar refractivity (Wildman–Crippen MR) is 273 cm³/mol. The molecule has 300 valence electrons. The van der Waals surface area contributed by atoms with Crippen LogP contribution >= 0.6 is 0 Å². The number of para-hydroxylation sites is 5. The van der Waals surface area contributed by atoms with E-state index in [1.807, 2.05) is 0 Å². The lowest BCUT2D eigenvalue weighted by Gasteiger charge is -2.35. The zero-order chi connectivity index (χ0) is 42.2. The fraction of sp³-hybridized carbons (Fsp3) is 0. The summed E-state index contributed by atoms with van der Waals surface area (Å²) < 4.78 is 7.34. The Kier molecular flexibility index (Phi) is 8.23. The third-order valence-electron chi connectivity index (χ3n) is 13.6. The molecule has 0 saturated heterocycles. The number of hydrogen-bond donors (Lipinski definition) is 0. The van der Waals surface area contributed by atoms with Gasteiger partial charge in [0, 0.05) is 49.4 Å². The summed E-state index contributed by atoms with van der Waals surface area (Å²) in [5.74, 6) is 0. The first kappa shape index (κ1) is 36.5. The summed E-state index contributed by atoms with van der Waals surface area (Å²) in [7, 11) is -2.93. The van der Waals surface area contributed by atoms with Crippen LogP contribution in [-0.4, -0.2) is 21.8 Å². The minimum atomic E-state index is -2.93. The fourth-order valence-corrected chi connectivity index (χ4v) is 15.7. The van der Waals surface area contributed by atoms with Crippen molar-refractivity contribution in [2.45, 2.75) is 0 Å². The molecule has 3 nitrogen and oxygen atoms in total. The van der Waals surface area contributed by atoms with E-state index in [-0.39, 0.29) is 0 Å². The average Bonchev–Trinajstić information content (AvgIpc) is 4.01. The third kappa shape index (κ3) is 5.27. The van der Waals surface area contributed by atoms with Gasteiger partial charge in [-0.1, -0.05) is 176 Å².